The van der Waals surface area contributed by atoms with E-state index in [1.807, 2.05) is 0 Å². The van der Waals surface area contributed by atoms with E-state index in [1.165, 1.54) is 18.0 Å². The molecule has 0 aromatic carbocycles. The Labute approximate surface area is 153 Å². The van der Waals surface area contributed by atoms with Crippen LogP contribution in [0.5, 0.6) is 0 Å². The number of nitrogens with one attached hydrogen (secondary N) is 3. The van der Waals surface area contributed by atoms with Crippen LogP contribution in [0.25, 0.3) is 0 Å². The van der Waals surface area contributed by atoms with Gasteiger partial charge in [-0.2, -0.15) is 0 Å². The molecule has 0 spiro atoms. The maximum Gasteiger partial charge on any atom is 0.322 e. The zero-order valence-corrected chi connectivity index (χ0v) is 15.4. The van der Waals surface area contributed by atoms with Crippen LogP contribution in [0.2, 0.25) is 0 Å². The smallest absolute Gasteiger partial charge is 0.322 e. The summed E-state index contributed by atoms with van der Waals surface area (Å²) in [7, 11) is 0. The molecule has 0 aromatic heterocycles. The predicted molar refractivity (Wildman–Crippen MR) is 94.7 cm³/mol. The van der Waals surface area contributed by atoms with E-state index in [-0.39, 0.29) is 18.2 Å². The molecular weight excluding hydrogens is 340 g/mol. The SMILES string of the molecule is C=CCC(=O)NC(C(=O)N[C@@H](C)C(=O)N1CCC[C@@H](C(=O)O)N1)C(C)C. The van der Waals surface area contributed by atoms with Crippen molar-refractivity contribution in [3.8, 4) is 0 Å². The molecule has 1 saturated heterocycles. The third-order valence-corrected chi connectivity index (χ3v) is 4.07. The minimum Gasteiger partial charge on any atom is -0.480 e. The molecule has 146 valence electrons. The van der Waals surface area contributed by atoms with E-state index in [1.54, 1.807) is 13.8 Å². The molecule has 0 aliphatic carbocycles. The van der Waals surface area contributed by atoms with E-state index >= 15 is 0 Å². The lowest BCUT2D eigenvalue weighted by Crippen LogP contribution is -2.60. The summed E-state index contributed by atoms with van der Waals surface area (Å²) in [6.45, 7) is 8.94. The molecule has 1 unspecified atom stereocenters. The van der Waals surface area contributed by atoms with Crippen molar-refractivity contribution < 1.29 is 24.3 Å². The van der Waals surface area contributed by atoms with Gasteiger partial charge in [0.2, 0.25) is 11.8 Å². The van der Waals surface area contributed by atoms with E-state index in [4.69, 9.17) is 5.11 Å². The summed E-state index contributed by atoms with van der Waals surface area (Å²) in [5, 5.41) is 15.5. The first-order chi connectivity index (χ1) is 12.2. The van der Waals surface area contributed by atoms with Crippen molar-refractivity contribution in [3.63, 3.8) is 0 Å². The molecule has 0 bridgehead atoms. The van der Waals surface area contributed by atoms with Crippen LogP contribution in [0.4, 0.5) is 0 Å². The Kier molecular flexibility index (Phi) is 8.24. The molecule has 0 saturated carbocycles. The first-order valence-electron chi connectivity index (χ1n) is 8.68. The zero-order chi connectivity index (χ0) is 19.9. The van der Waals surface area contributed by atoms with Crippen molar-refractivity contribution >= 4 is 23.7 Å². The second-order valence-corrected chi connectivity index (χ2v) is 6.66. The Morgan fingerprint density at radius 2 is 1.92 bits per heavy atom. The monoisotopic (exact) mass is 368 g/mol. The van der Waals surface area contributed by atoms with Gasteiger partial charge in [-0.1, -0.05) is 19.9 Å². The normalized spacial score (nSPS) is 19.4. The second kappa shape index (κ2) is 9.91. The Morgan fingerprint density at radius 1 is 1.27 bits per heavy atom. The first-order valence-corrected chi connectivity index (χ1v) is 8.68. The Balaban J connectivity index is 2.68. The maximum absolute atomic E-state index is 12.5. The predicted octanol–water partition coefficient (Wildman–Crippen LogP) is -0.212. The molecular formula is C17H28N4O5. The minimum atomic E-state index is -1.02. The molecule has 1 rings (SSSR count). The fourth-order valence-electron chi connectivity index (χ4n) is 2.62. The lowest BCUT2D eigenvalue weighted by Gasteiger charge is -2.34. The summed E-state index contributed by atoms with van der Waals surface area (Å²) in [5.74, 6) is -2.41. The van der Waals surface area contributed by atoms with Crippen molar-refractivity contribution in [1.82, 2.24) is 21.1 Å². The van der Waals surface area contributed by atoms with Gasteiger partial charge in [-0.25, -0.2) is 5.43 Å². The summed E-state index contributed by atoms with van der Waals surface area (Å²) >= 11 is 0. The number of carboxylic acid groups (broad SMARTS) is 1. The summed E-state index contributed by atoms with van der Waals surface area (Å²) in [6.07, 6.45) is 2.53. The highest BCUT2D eigenvalue weighted by Gasteiger charge is 2.32. The van der Waals surface area contributed by atoms with Gasteiger partial charge < -0.3 is 15.7 Å². The van der Waals surface area contributed by atoms with E-state index < -0.39 is 35.9 Å². The molecule has 9 nitrogen and oxygen atoms in total. The van der Waals surface area contributed by atoms with Crippen LogP contribution in [0.15, 0.2) is 12.7 Å². The molecule has 3 atom stereocenters. The maximum atomic E-state index is 12.5. The molecule has 0 aromatic rings. The zero-order valence-electron chi connectivity index (χ0n) is 15.4. The second-order valence-electron chi connectivity index (χ2n) is 6.66. The average molecular weight is 368 g/mol. The largest absolute Gasteiger partial charge is 0.480 e. The molecule has 0 radical (unpaired) electrons. The van der Waals surface area contributed by atoms with Crippen LogP contribution in [-0.2, 0) is 19.2 Å². The molecule has 3 amide bonds. The van der Waals surface area contributed by atoms with Crippen molar-refractivity contribution in [2.75, 3.05) is 6.54 Å². The van der Waals surface area contributed by atoms with Crippen molar-refractivity contribution in [2.24, 2.45) is 5.92 Å². The van der Waals surface area contributed by atoms with Crippen LogP contribution in [0.3, 0.4) is 0 Å². The van der Waals surface area contributed by atoms with E-state index in [0.29, 0.717) is 19.4 Å². The van der Waals surface area contributed by atoms with Gasteiger partial charge in [0, 0.05) is 13.0 Å². The highest BCUT2D eigenvalue weighted by atomic mass is 16.4. The van der Waals surface area contributed by atoms with Crippen LogP contribution >= 0.6 is 0 Å². The number of carboxylic acids is 1. The highest BCUT2D eigenvalue weighted by Crippen LogP contribution is 2.09. The third-order valence-electron chi connectivity index (χ3n) is 4.07. The molecule has 1 aliphatic heterocycles. The highest BCUT2D eigenvalue weighted by molar-refractivity contribution is 5.92. The minimum absolute atomic E-state index is 0.0965. The van der Waals surface area contributed by atoms with E-state index in [9.17, 15) is 19.2 Å². The van der Waals surface area contributed by atoms with Crippen LogP contribution in [0, 0.1) is 5.92 Å². The Hall–Kier alpha value is -2.42. The van der Waals surface area contributed by atoms with Gasteiger partial charge in [0.05, 0.1) is 0 Å². The van der Waals surface area contributed by atoms with Gasteiger partial charge >= 0.3 is 5.97 Å². The van der Waals surface area contributed by atoms with Gasteiger partial charge in [-0.05, 0) is 25.7 Å². The van der Waals surface area contributed by atoms with Crippen LogP contribution < -0.4 is 16.1 Å². The molecule has 26 heavy (non-hydrogen) atoms. The number of carbonyl (C=O) groups is 4. The van der Waals surface area contributed by atoms with Crippen LogP contribution in [-0.4, -0.2) is 58.5 Å². The molecule has 1 heterocycles. The molecule has 1 fully saturated rings. The van der Waals surface area contributed by atoms with Crippen molar-refractivity contribution in [2.45, 2.75) is 58.2 Å². The lowest BCUT2D eigenvalue weighted by molar-refractivity contribution is -0.148. The van der Waals surface area contributed by atoms with Crippen molar-refractivity contribution in [1.29, 1.82) is 0 Å². The van der Waals surface area contributed by atoms with Gasteiger partial charge in [-0.15, -0.1) is 6.58 Å². The number of hydrogen-bond donors (Lipinski definition) is 4. The Bertz CT molecular complexity index is 563. The average Bonchev–Trinajstić information content (AvgIpc) is 2.58. The van der Waals surface area contributed by atoms with Gasteiger partial charge in [-0.3, -0.25) is 24.2 Å². The van der Waals surface area contributed by atoms with Gasteiger partial charge in [0.1, 0.15) is 18.1 Å². The standard InChI is InChI=1S/C17H28N4O5/c1-5-7-13(22)19-14(10(2)3)15(23)18-11(4)16(24)21-9-6-8-12(20-21)17(25)26/h5,10-12,14,20H,1,6-9H2,2-4H3,(H,18,23)(H,19,22)(H,25,26)/t11-,12-,14?/m0/s1. The lowest BCUT2D eigenvalue weighted by atomic mass is 10.0. The molecule has 9 heteroatoms. The van der Waals surface area contributed by atoms with Crippen molar-refractivity contribution in [3.05, 3.63) is 12.7 Å². The molecule has 1 aliphatic rings. The molecule has 4 N–H and O–H groups in total. The summed E-state index contributed by atoms with van der Waals surface area (Å²) in [6, 6.07) is -2.46. The number of nitrogens with zero attached hydrogens (tertiary/aromatic N) is 1. The van der Waals surface area contributed by atoms with Gasteiger partial charge in [0.15, 0.2) is 0 Å². The summed E-state index contributed by atoms with van der Waals surface area (Å²) in [5.41, 5.74) is 2.66. The fourth-order valence-corrected chi connectivity index (χ4v) is 2.62. The summed E-state index contributed by atoms with van der Waals surface area (Å²) < 4.78 is 0. The van der Waals surface area contributed by atoms with Crippen LogP contribution in [0.1, 0.15) is 40.0 Å². The number of carbonyl (C=O) groups excluding carboxylic acids is 3. The third kappa shape index (κ3) is 6.14. The van der Waals surface area contributed by atoms with E-state index in [0.717, 1.165) is 0 Å². The number of amides is 3. The summed E-state index contributed by atoms with van der Waals surface area (Å²) in [4.78, 5) is 47.7. The van der Waals surface area contributed by atoms with E-state index in [2.05, 4.69) is 22.6 Å². The number of hydrazine groups is 1. The Morgan fingerprint density at radius 3 is 2.46 bits per heavy atom. The number of hydrogen-bond acceptors (Lipinski definition) is 5. The first kappa shape index (κ1) is 21.6. The topological polar surface area (TPSA) is 128 Å². The number of rotatable bonds is 8. The van der Waals surface area contributed by atoms with Gasteiger partial charge in [0.25, 0.3) is 5.91 Å². The number of aliphatic carboxylic acids is 1. The quantitative estimate of drug-likeness (QED) is 0.439. The fraction of sp³-hybridized carbons (Fsp3) is 0.647.